The first-order valence-electron chi connectivity index (χ1n) is 12.2. The molecular formula is C27H32ClF3N2O7S2. The molecule has 1 aromatic heterocycles. The monoisotopic (exact) mass is 652 g/mol. The summed E-state index contributed by atoms with van der Waals surface area (Å²) in [5.41, 5.74) is -6.19. The van der Waals surface area contributed by atoms with Crippen LogP contribution in [0.3, 0.4) is 0 Å². The molecule has 0 fully saturated rings. The number of nitrogens with one attached hydrogen (secondary N) is 1. The fourth-order valence-corrected chi connectivity index (χ4v) is 5.89. The third kappa shape index (κ3) is 9.32. The van der Waals surface area contributed by atoms with Gasteiger partial charge in [0.2, 0.25) is 0 Å². The van der Waals surface area contributed by atoms with Gasteiger partial charge < -0.3 is 9.84 Å². The molecule has 0 bridgehead atoms. The molecule has 0 saturated carbocycles. The molecule has 0 aliphatic heterocycles. The van der Waals surface area contributed by atoms with Crippen LogP contribution >= 0.6 is 11.6 Å². The Bertz CT molecular complexity index is 1640. The Balaban J connectivity index is 2.56. The average Bonchev–Trinajstić information content (AvgIpc) is 2.76. The molecule has 2 rings (SSSR count). The van der Waals surface area contributed by atoms with E-state index in [0.29, 0.717) is 0 Å². The number of carbonyl (C=O) groups excluding carboxylic acids is 1. The van der Waals surface area contributed by atoms with Gasteiger partial charge in [0.15, 0.2) is 30.3 Å². The number of halogens is 4. The molecule has 0 radical (unpaired) electrons. The quantitative estimate of drug-likeness (QED) is 0.385. The minimum Gasteiger partial charge on any atom is -0.444 e. The molecule has 0 saturated heterocycles. The predicted molar refractivity (Wildman–Crippen MR) is 152 cm³/mol. The summed E-state index contributed by atoms with van der Waals surface area (Å²) in [6.45, 7) is 7.49. The topological polar surface area (TPSA) is 140 Å². The lowest BCUT2D eigenvalue weighted by molar-refractivity contribution is -0.264. The van der Waals surface area contributed by atoms with Gasteiger partial charge in [-0.15, -0.1) is 0 Å². The number of rotatable bonds is 7. The molecule has 1 aromatic carbocycles. The highest BCUT2D eigenvalue weighted by Gasteiger charge is 2.55. The summed E-state index contributed by atoms with van der Waals surface area (Å²) >= 11 is 5.93. The van der Waals surface area contributed by atoms with E-state index in [0.717, 1.165) is 30.8 Å². The number of sulfone groups is 2. The van der Waals surface area contributed by atoms with Crippen molar-refractivity contribution in [3.8, 4) is 11.8 Å². The van der Waals surface area contributed by atoms with Crippen LogP contribution in [0.2, 0.25) is 5.02 Å². The number of aliphatic hydroxyl groups is 1. The molecule has 0 spiro atoms. The fraction of sp³-hybridized carbons (Fsp3) is 0.481. The van der Waals surface area contributed by atoms with Crippen LogP contribution in [0.4, 0.5) is 23.7 Å². The molecule has 1 amide bonds. The summed E-state index contributed by atoms with van der Waals surface area (Å²) in [5, 5.41) is 12.8. The summed E-state index contributed by atoms with van der Waals surface area (Å²) in [6.07, 6.45) is -5.60. The maximum Gasteiger partial charge on any atom is 0.418 e. The second-order valence-electron chi connectivity index (χ2n) is 11.4. The summed E-state index contributed by atoms with van der Waals surface area (Å²) in [4.78, 5) is 15.7. The second kappa shape index (κ2) is 12.0. The van der Waals surface area contributed by atoms with Gasteiger partial charge in [-0.25, -0.2) is 26.6 Å². The number of anilines is 1. The Morgan fingerprint density at radius 1 is 1.05 bits per heavy atom. The largest absolute Gasteiger partial charge is 0.444 e. The third-order valence-corrected chi connectivity index (χ3v) is 8.19. The van der Waals surface area contributed by atoms with E-state index in [1.54, 1.807) is 20.8 Å². The van der Waals surface area contributed by atoms with Gasteiger partial charge in [0, 0.05) is 24.0 Å². The second-order valence-corrected chi connectivity index (χ2v) is 15.8. The number of carbonyl (C=O) groups is 1. The number of pyridine rings is 1. The molecule has 0 aliphatic carbocycles. The average molecular weight is 653 g/mol. The van der Waals surface area contributed by atoms with Crippen LogP contribution in [-0.4, -0.2) is 62.9 Å². The Hall–Kier alpha value is -2.86. The molecule has 2 N–H and O–H groups in total. The number of alkyl halides is 3. The fourth-order valence-electron chi connectivity index (χ4n) is 3.99. The summed E-state index contributed by atoms with van der Waals surface area (Å²) in [6, 6.07) is 4.72. The van der Waals surface area contributed by atoms with Gasteiger partial charge in [-0.3, -0.25) is 5.32 Å². The Kier molecular flexibility index (Phi) is 10.1. The maximum absolute atomic E-state index is 14.3. The zero-order valence-electron chi connectivity index (χ0n) is 24.0. The standard InChI is InChI=1S/C27H32ClF3N2O7S2/c1-24(2,3)40-23(34)33-20-15-32-22(42(7,38)39)13-17(20)9-8-12-26(35,27(29,30)31)16-25(4,5)19-11-10-18(28)14-21(19)41(6,36)37/h10-11,13-15,35H,12,16H2,1-7H3,(H,33,34). The van der Waals surface area contributed by atoms with Crippen molar-refractivity contribution in [2.24, 2.45) is 0 Å². The number of hydrogen-bond donors (Lipinski definition) is 2. The maximum atomic E-state index is 14.3. The van der Waals surface area contributed by atoms with Crippen LogP contribution < -0.4 is 5.32 Å². The Morgan fingerprint density at radius 2 is 1.64 bits per heavy atom. The normalized spacial score (nSPS) is 14.4. The van der Waals surface area contributed by atoms with Crippen molar-refractivity contribution in [2.45, 2.75) is 80.2 Å². The number of hydrogen-bond acceptors (Lipinski definition) is 8. The molecule has 232 valence electrons. The van der Waals surface area contributed by atoms with Gasteiger partial charge in [0.1, 0.15) is 5.60 Å². The highest BCUT2D eigenvalue weighted by molar-refractivity contribution is 7.91. The van der Waals surface area contributed by atoms with Gasteiger partial charge >= 0.3 is 12.3 Å². The van der Waals surface area contributed by atoms with E-state index in [4.69, 9.17) is 16.3 Å². The number of nitrogens with zero attached hydrogens (tertiary/aromatic N) is 1. The summed E-state index contributed by atoms with van der Waals surface area (Å²) in [5.74, 6) is 4.64. The first kappa shape index (κ1) is 35.3. The van der Waals surface area contributed by atoms with Crippen LogP contribution in [-0.2, 0) is 29.8 Å². The van der Waals surface area contributed by atoms with Crippen LogP contribution in [0.5, 0.6) is 0 Å². The van der Waals surface area contributed by atoms with Crippen LogP contribution in [0, 0.1) is 11.8 Å². The van der Waals surface area contributed by atoms with Crippen molar-refractivity contribution in [2.75, 3.05) is 17.8 Å². The van der Waals surface area contributed by atoms with Crippen molar-refractivity contribution in [1.29, 1.82) is 0 Å². The molecule has 0 aliphatic rings. The number of benzene rings is 1. The molecule has 1 heterocycles. The highest BCUT2D eigenvalue weighted by atomic mass is 35.5. The van der Waals surface area contributed by atoms with E-state index in [-0.39, 0.29) is 26.7 Å². The van der Waals surface area contributed by atoms with Crippen molar-refractivity contribution in [3.63, 3.8) is 0 Å². The van der Waals surface area contributed by atoms with Crippen molar-refractivity contribution in [1.82, 2.24) is 4.98 Å². The predicted octanol–water partition coefficient (Wildman–Crippen LogP) is 5.29. The summed E-state index contributed by atoms with van der Waals surface area (Å²) in [7, 11) is -7.76. The van der Waals surface area contributed by atoms with Crippen LogP contribution in [0.25, 0.3) is 0 Å². The molecule has 1 atom stereocenters. The van der Waals surface area contributed by atoms with Gasteiger partial charge in [0.05, 0.1) is 22.3 Å². The minimum absolute atomic E-state index is 0.0146. The molecule has 15 heteroatoms. The summed E-state index contributed by atoms with van der Waals surface area (Å²) < 4.78 is 96.8. The number of ether oxygens (including phenoxy) is 1. The zero-order valence-corrected chi connectivity index (χ0v) is 26.4. The van der Waals surface area contributed by atoms with E-state index >= 15 is 0 Å². The number of amides is 1. The van der Waals surface area contributed by atoms with Gasteiger partial charge in [-0.1, -0.05) is 43.4 Å². The van der Waals surface area contributed by atoms with Crippen molar-refractivity contribution >= 4 is 43.1 Å². The van der Waals surface area contributed by atoms with E-state index < -0.39 is 66.4 Å². The molecule has 1 unspecified atom stereocenters. The SMILES string of the molecule is CC(C)(C)OC(=O)Nc1cnc(S(C)(=O)=O)cc1C#CCC(O)(CC(C)(C)c1ccc(Cl)cc1S(C)(=O)=O)C(F)(F)F. The van der Waals surface area contributed by atoms with E-state index in [1.165, 1.54) is 26.0 Å². The minimum atomic E-state index is -5.20. The van der Waals surface area contributed by atoms with E-state index in [1.807, 2.05) is 0 Å². The van der Waals surface area contributed by atoms with E-state index in [2.05, 4.69) is 22.1 Å². The van der Waals surface area contributed by atoms with Crippen LogP contribution in [0.1, 0.15) is 58.6 Å². The lowest BCUT2D eigenvalue weighted by Gasteiger charge is -2.37. The lowest BCUT2D eigenvalue weighted by Crippen LogP contribution is -2.49. The smallest absolute Gasteiger partial charge is 0.418 e. The molecular weight excluding hydrogens is 621 g/mol. The van der Waals surface area contributed by atoms with E-state index in [9.17, 15) is 39.9 Å². The highest BCUT2D eigenvalue weighted by Crippen LogP contribution is 2.44. The first-order chi connectivity index (χ1) is 18.8. The van der Waals surface area contributed by atoms with Crippen molar-refractivity contribution < 1.29 is 44.6 Å². The molecule has 42 heavy (non-hydrogen) atoms. The van der Waals surface area contributed by atoms with Gasteiger partial charge in [-0.05, 0) is 56.4 Å². The van der Waals surface area contributed by atoms with Crippen molar-refractivity contribution in [3.05, 3.63) is 46.6 Å². The Labute approximate surface area is 248 Å². The van der Waals surface area contributed by atoms with Crippen LogP contribution in [0.15, 0.2) is 40.4 Å². The molecule has 2 aromatic rings. The first-order valence-corrected chi connectivity index (χ1v) is 16.4. The third-order valence-electron chi connectivity index (χ3n) is 5.83. The molecule has 9 nitrogen and oxygen atoms in total. The zero-order chi connectivity index (χ0) is 32.5. The van der Waals surface area contributed by atoms with Gasteiger partial charge in [-0.2, -0.15) is 13.2 Å². The Morgan fingerprint density at radius 3 is 2.14 bits per heavy atom. The van der Waals surface area contributed by atoms with Gasteiger partial charge in [0.25, 0.3) is 0 Å². The lowest BCUT2D eigenvalue weighted by atomic mass is 9.74. The number of aromatic nitrogens is 1.